The third kappa shape index (κ3) is 5.29. The fraction of sp³-hybridized carbons (Fsp3) is 0.333. The van der Waals surface area contributed by atoms with Gasteiger partial charge in [-0.05, 0) is 49.4 Å². The average molecular weight is 465 g/mol. The number of nitrogens with zero attached hydrogens (tertiary/aromatic N) is 3. The number of ether oxygens (including phenoxy) is 1. The van der Waals surface area contributed by atoms with E-state index in [1.807, 2.05) is 35.7 Å². The summed E-state index contributed by atoms with van der Waals surface area (Å²) in [7, 11) is 1.63. The number of nitriles is 1. The molecular formula is C24H24N4O2S2. The lowest BCUT2D eigenvalue weighted by Crippen LogP contribution is -2.12. The Morgan fingerprint density at radius 3 is 2.94 bits per heavy atom. The van der Waals surface area contributed by atoms with E-state index in [1.165, 1.54) is 35.1 Å². The van der Waals surface area contributed by atoms with Gasteiger partial charge in [0, 0.05) is 28.8 Å². The number of anilines is 1. The van der Waals surface area contributed by atoms with Gasteiger partial charge in [-0.15, -0.1) is 23.1 Å². The van der Waals surface area contributed by atoms with Gasteiger partial charge in [0.15, 0.2) is 5.13 Å². The van der Waals surface area contributed by atoms with Gasteiger partial charge < -0.3 is 10.1 Å². The molecule has 0 bridgehead atoms. The molecule has 0 saturated carbocycles. The second kappa shape index (κ2) is 10.6. The van der Waals surface area contributed by atoms with E-state index in [0.717, 1.165) is 53.4 Å². The molecule has 2 heterocycles. The molecular weight excluding hydrogens is 440 g/mol. The number of hydrogen-bond acceptors (Lipinski definition) is 7. The monoisotopic (exact) mass is 464 g/mol. The van der Waals surface area contributed by atoms with Crippen molar-refractivity contribution in [1.82, 2.24) is 9.97 Å². The first kappa shape index (κ1) is 22.3. The molecule has 0 fully saturated rings. The molecule has 1 aliphatic carbocycles. The number of hydrogen-bond donors (Lipinski definition) is 1. The number of para-hydroxylation sites is 1. The van der Waals surface area contributed by atoms with Crippen molar-refractivity contribution >= 4 is 34.1 Å². The first-order valence-corrected chi connectivity index (χ1v) is 12.5. The SMILES string of the molecule is COc1ccccc1-c1csc(NC(=O)CCSc2nc3c(cc2C#N)CCCCC3)n1. The molecule has 1 N–H and O–H groups in total. The molecule has 0 radical (unpaired) electrons. The highest BCUT2D eigenvalue weighted by Gasteiger charge is 2.16. The summed E-state index contributed by atoms with van der Waals surface area (Å²) in [4.78, 5) is 21.7. The maximum atomic E-state index is 12.4. The van der Waals surface area contributed by atoms with Crippen molar-refractivity contribution in [3.8, 4) is 23.1 Å². The van der Waals surface area contributed by atoms with E-state index in [9.17, 15) is 10.1 Å². The van der Waals surface area contributed by atoms with Gasteiger partial charge >= 0.3 is 0 Å². The third-order valence-electron chi connectivity index (χ3n) is 5.34. The number of pyridine rings is 1. The molecule has 164 valence electrons. The second-order valence-corrected chi connectivity index (χ2v) is 9.45. The molecule has 0 aliphatic heterocycles. The summed E-state index contributed by atoms with van der Waals surface area (Å²) < 4.78 is 5.39. The minimum absolute atomic E-state index is 0.105. The number of amides is 1. The number of rotatable bonds is 7. The zero-order valence-corrected chi connectivity index (χ0v) is 19.5. The largest absolute Gasteiger partial charge is 0.496 e. The number of methoxy groups -OCH3 is 1. The smallest absolute Gasteiger partial charge is 0.226 e. The molecule has 0 unspecified atom stereocenters. The van der Waals surface area contributed by atoms with Crippen LogP contribution < -0.4 is 10.1 Å². The minimum atomic E-state index is -0.105. The summed E-state index contributed by atoms with van der Waals surface area (Å²) in [6.07, 6.45) is 5.78. The molecule has 0 saturated heterocycles. The topological polar surface area (TPSA) is 87.9 Å². The number of thiazole rings is 1. The van der Waals surface area contributed by atoms with Crippen LogP contribution >= 0.6 is 23.1 Å². The van der Waals surface area contributed by atoms with Crippen LogP contribution in [-0.4, -0.2) is 28.7 Å². The molecule has 2 aromatic heterocycles. The van der Waals surface area contributed by atoms with Crippen LogP contribution in [0.15, 0.2) is 40.7 Å². The molecule has 8 heteroatoms. The lowest BCUT2D eigenvalue weighted by atomic mass is 10.1. The maximum absolute atomic E-state index is 12.4. The summed E-state index contributed by atoms with van der Waals surface area (Å²) >= 11 is 2.85. The summed E-state index contributed by atoms with van der Waals surface area (Å²) in [5.74, 6) is 1.19. The highest BCUT2D eigenvalue weighted by molar-refractivity contribution is 7.99. The van der Waals surface area contributed by atoms with Gasteiger partial charge in [-0.3, -0.25) is 4.79 Å². The van der Waals surface area contributed by atoms with Gasteiger partial charge in [0.2, 0.25) is 5.91 Å². The van der Waals surface area contributed by atoms with Crippen LogP contribution in [0.1, 0.15) is 42.5 Å². The second-order valence-electron chi connectivity index (χ2n) is 7.50. The standard InChI is InChI=1S/C24H24N4O2S2/c1-30-21-10-6-5-8-18(21)20-15-32-24(27-20)28-22(29)11-12-31-23-17(14-25)13-16-7-3-2-4-9-19(16)26-23/h5-6,8,10,13,15H,2-4,7,9,11-12H2,1H3,(H,27,28,29). The molecule has 1 aliphatic rings. The van der Waals surface area contributed by atoms with Gasteiger partial charge in [0.1, 0.15) is 16.8 Å². The Bertz CT molecular complexity index is 1150. The number of aryl methyl sites for hydroxylation is 2. The molecule has 4 rings (SSSR count). The molecule has 1 aromatic carbocycles. The van der Waals surface area contributed by atoms with Crippen LogP contribution in [0.5, 0.6) is 5.75 Å². The van der Waals surface area contributed by atoms with Gasteiger partial charge in [-0.1, -0.05) is 18.6 Å². The first-order valence-electron chi connectivity index (χ1n) is 10.6. The van der Waals surface area contributed by atoms with E-state index in [4.69, 9.17) is 9.72 Å². The molecule has 1 amide bonds. The van der Waals surface area contributed by atoms with Crippen LogP contribution in [-0.2, 0) is 17.6 Å². The van der Waals surface area contributed by atoms with E-state index < -0.39 is 0 Å². The number of nitrogens with one attached hydrogen (secondary N) is 1. The Morgan fingerprint density at radius 1 is 1.25 bits per heavy atom. The van der Waals surface area contributed by atoms with Crippen molar-refractivity contribution in [2.75, 3.05) is 18.2 Å². The molecule has 0 spiro atoms. The van der Waals surface area contributed by atoms with E-state index in [0.29, 0.717) is 22.9 Å². The lowest BCUT2D eigenvalue weighted by Gasteiger charge is -2.10. The number of aromatic nitrogens is 2. The average Bonchev–Trinajstić information content (AvgIpc) is 3.15. The summed E-state index contributed by atoms with van der Waals surface area (Å²) in [5, 5.41) is 15.6. The van der Waals surface area contributed by atoms with Crippen molar-refractivity contribution in [2.24, 2.45) is 0 Å². The number of carbonyl (C=O) groups is 1. The van der Waals surface area contributed by atoms with Gasteiger partial charge in [-0.25, -0.2) is 9.97 Å². The predicted octanol–water partition coefficient (Wildman–Crippen LogP) is 5.48. The van der Waals surface area contributed by atoms with Gasteiger partial charge in [0.25, 0.3) is 0 Å². The van der Waals surface area contributed by atoms with E-state index in [2.05, 4.69) is 16.4 Å². The fourth-order valence-corrected chi connectivity index (χ4v) is 5.36. The van der Waals surface area contributed by atoms with Crippen molar-refractivity contribution < 1.29 is 9.53 Å². The Labute approximate surface area is 196 Å². The first-order chi connectivity index (χ1) is 15.7. The van der Waals surface area contributed by atoms with Crippen LogP contribution in [0, 0.1) is 11.3 Å². The van der Waals surface area contributed by atoms with Crippen molar-refractivity contribution in [1.29, 1.82) is 5.26 Å². The summed E-state index contributed by atoms with van der Waals surface area (Å²) in [6.45, 7) is 0. The van der Waals surface area contributed by atoms with Crippen molar-refractivity contribution in [3.63, 3.8) is 0 Å². The minimum Gasteiger partial charge on any atom is -0.496 e. The lowest BCUT2D eigenvalue weighted by molar-refractivity contribution is -0.115. The zero-order valence-electron chi connectivity index (χ0n) is 17.9. The van der Waals surface area contributed by atoms with Gasteiger partial charge in [-0.2, -0.15) is 5.26 Å². The normalized spacial score (nSPS) is 13.0. The quantitative estimate of drug-likeness (QED) is 0.368. The van der Waals surface area contributed by atoms with Crippen LogP contribution in [0.25, 0.3) is 11.3 Å². The number of benzene rings is 1. The molecule has 3 aromatic rings. The highest BCUT2D eigenvalue weighted by atomic mass is 32.2. The Balaban J connectivity index is 1.35. The number of fused-ring (bicyclic) bond motifs is 1. The summed E-state index contributed by atoms with van der Waals surface area (Å²) in [6, 6.07) is 11.9. The maximum Gasteiger partial charge on any atom is 0.226 e. The summed E-state index contributed by atoms with van der Waals surface area (Å²) in [5.41, 5.74) is 4.58. The van der Waals surface area contributed by atoms with Crippen LogP contribution in [0.4, 0.5) is 5.13 Å². The predicted molar refractivity (Wildman–Crippen MR) is 128 cm³/mol. The Morgan fingerprint density at radius 2 is 2.09 bits per heavy atom. The van der Waals surface area contributed by atoms with E-state index in [1.54, 1.807) is 7.11 Å². The third-order valence-corrected chi connectivity index (χ3v) is 7.09. The van der Waals surface area contributed by atoms with Crippen molar-refractivity contribution in [3.05, 3.63) is 52.5 Å². The van der Waals surface area contributed by atoms with Crippen LogP contribution in [0.3, 0.4) is 0 Å². The Hall–Kier alpha value is -2.89. The fourth-order valence-electron chi connectivity index (χ4n) is 3.71. The van der Waals surface area contributed by atoms with Gasteiger partial charge in [0.05, 0.1) is 18.4 Å². The van der Waals surface area contributed by atoms with Crippen molar-refractivity contribution in [2.45, 2.75) is 43.6 Å². The molecule has 6 nitrogen and oxygen atoms in total. The molecule has 32 heavy (non-hydrogen) atoms. The van der Waals surface area contributed by atoms with E-state index >= 15 is 0 Å². The van der Waals surface area contributed by atoms with E-state index in [-0.39, 0.29) is 5.91 Å². The number of thioether (sulfide) groups is 1. The highest BCUT2D eigenvalue weighted by Crippen LogP contribution is 2.32. The molecule has 0 atom stereocenters. The van der Waals surface area contributed by atoms with Crippen LogP contribution in [0.2, 0.25) is 0 Å². The zero-order chi connectivity index (χ0) is 22.3. The number of carbonyl (C=O) groups excluding carboxylic acids is 1. The Kier molecular flexibility index (Phi) is 7.40.